The lowest BCUT2D eigenvalue weighted by Crippen LogP contribution is -1.97. The molecule has 0 bridgehead atoms. The minimum atomic E-state index is 0.346. The molecule has 0 nitrogen and oxygen atoms in total. The van der Waals surface area contributed by atoms with Crippen LogP contribution in [0, 0.1) is 5.41 Å². The Hall–Kier alpha value is 0.0900. The van der Waals surface area contributed by atoms with Crippen molar-refractivity contribution < 1.29 is 0 Å². The fourth-order valence-corrected chi connectivity index (χ4v) is 1.64. The van der Waals surface area contributed by atoms with E-state index in [1.807, 2.05) is 11.8 Å². The zero-order chi connectivity index (χ0) is 8.74. The van der Waals surface area contributed by atoms with E-state index in [-0.39, 0.29) is 0 Å². The summed E-state index contributed by atoms with van der Waals surface area (Å²) in [4.78, 5) is 0. The van der Waals surface area contributed by atoms with Crippen molar-refractivity contribution in [1.82, 2.24) is 0 Å². The molecule has 0 heterocycles. The summed E-state index contributed by atoms with van der Waals surface area (Å²) >= 11 is 1.92. The average Bonchev–Trinajstić information content (AvgIpc) is 1.85. The maximum atomic E-state index is 2.27. The number of allylic oxidation sites excluding steroid dienone is 1. The summed E-state index contributed by atoms with van der Waals surface area (Å²) in [6.45, 7) is 8.91. The van der Waals surface area contributed by atoms with E-state index in [4.69, 9.17) is 0 Å². The van der Waals surface area contributed by atoms with Crippen molar-refractivity contribution in [3.8, 4) is 0 Å². The molecule has 0 aromatic heterocycles. The zero-order valence-electron chi connectivity index (χ0n) is 8.18. The van der Waals surface area contributed by atoms with Gasteiger partial charge < -0.3 is 0 Å². The van der Waals surface area contributed by atoms with E-state index in [1.165, 1.54) is 18.6 Å². The molecule has 0 aliphatic heterocycles. The van der Waals surface area contributed by atoms with Gasteiger partial charge in [-0.25, -0.2) is 0 Å². The molecule has 0 aromatic rings. The summed E-state index contributed by atoms with van der Waals surface area (Å²) in [6, 6.07) is 0. The van der Waals surface area contributed by atoms with Gasteiger partial charge in [-0.05, 0) is 23.0 Å². The van der Waals surface area contributed by atoms with Gasteiger partial charge in [0, 0.05) is 0 Å². The SMILES string of the molecule is CCCCS/C=C\C(C)(C)C. The normalized spacial score (nSPS) is 12.7. The topological polar surface area (TPSA) is 0 Å². The molecule has 0 aliphatic rings. The Bertz CT molecular complexity index is 109. The van der Waals surface area contributed by atoms with Gasteiger partial charge >= 0.3 is 0 Å². The van der Waals surface area contributed by atoms with E-state index >= 15 is 0 Å². The van der Waals surface area contributed by atoms with Crippen molar-refractivity contribution in [1.29, 1.82) is 0 Å². The molecule has 0 atom stereocenters. The standard InChI is InChI=1S/C10H20S/c1-5-6-8-11-9-7-10(2,3)4/h7,9H,5-6,8H2,1-4H3/b9-7-. The van der Waals surface area contributed by atoms with Crippen LogP contribution in [0.3, 0.4) is 0 Å². The second-order valence-electron chi connectivity index (χ2n) is 3.89. The summed E-state index contributed by atoms with van der Waals surface area (Å²) in [7, 11) is 0. The summed E-state index contributed by atoms with van der Waals surface area (Å²) in [6.07, 6.45) is 4.91. The van der Waals surface area contributed by atoms with E-state index in [0.29, 0.717) is 5.41 Å². The van der Waals surface area contributed by atoms with E-state index in [9.17, 15) is 0 Å². The van der Waals surface area contributed by atoms with Gasteiger partial charge in [0.05, 0.1) is 0 Å². The van der Waals surface area contributed by atoms with Gasteiger partial charge in [0.25, 0.3) is 0 Å². The molecule has 0 fully saturated rings. The van der Waals surface area contributed by atoms with Gasteiger partial charge in [0.2, 0.25) is 0 Å². The highest BCUT2D eigenvalue weighted by atomic mass is 32.2. The molecule has 0 N–H and O–H groups in total. The van der Waals surface area contributed by atoms with Crippen molar-refractivity contribution in [3.63, 3.8) is 0 Å². The Morgan fingerprint density at radius 2 is 1.91 bits per heavy atom. The highest BCUT2D eigenvalue weighted by Gasteiger charge is 2.02. The van der Waals surface area contributed by atoms with Crippen molar-refractivity contribution in [2.24, 2.45) is 5.41 Å². The van der Waals surface area contributed by atoms with Crippen LogP contribution in [-0.2, 0) is 0 Å². The van der Waals surface area contributed by atoms with Gasteiger partial charge in [-0.1, -0.05) is 40.2 Å². The third kappa shape index (κ3) is 10.1. The van der Waals surface area contributed by atoms with Crippen molar-refractivity contribution >= 4 is 11.8 Å². The molecule has 0 saturated heterocycles. The van der Waals surface area contributed by atoms with E-state index in [1.54, 1.807) is 0 Å². The molecule has 0 saturated carbocycles. The van der Waals surface area contributed by atoms with Crippen LogP contribution in [0.4, 0.5) is 0 Å². The first-order valence-electron chi connectivity index (χ1n) is 4.35. The number of unbranched alkanes of at least 4 members (excludes halogenated alkanes) is 1. The van der Waals surface area contributed by atoms with Gasteiger partial charge in [-0.15, -0.1) is 11.8 Å². The second kappa shape index (κ2) is 5.70. The van der Waals surface area contributed by atoms with Crippen LogP contribution in [0.2, 0.25) is 0 Å². The van der Waals surface area contributed by atoms with Crippen LogP contribution in [0.5, 0.6) is 0 Å². The maximum absolute atomic E-state index is 2.27. The van der Waals surface area contributed by atoms with E-state index in [2.05, 4.69) is 39.2 Å². The number of hydrogen-bond donors (Lipinski definition) is 0. The Morgan fingerprint density at radius 1 is 1.27 bits per heavy atom. The lowest BCUT2D eigenvalue weighted by molar-refractivity contribution is 0.545. The molecule has 0 aromatic carbocycles. The Labute approximate surface area is 75.5 Å². The highest BCUT2D eigenvalue weighted by Crippen LogP contribution is 2.17. The van der Waals surface area contributed by atoms with Crippen molar-refractivity contribution in [2.75, 3.05) is 5.75 Å². The van der Waals surface area contributed by atoms with Crippen LogP contribution in [0.15, 0.2) is 11.5 Å². The molecular formula is C10H20S. The number of rotatable bonds is 4. The van der Waals surface area contributed by atoms with Gasteiger partial charge in [0.1, 0.15) is 0 Å². The smallest absolute Gasteiger partial charge is 0.00262 e. The predicted octanol–water partition coefficient (Wildman–Crippen LogP) is 4.08. The van der Waals surface area contributed by atoms with Gasteiger partial charge in [-0.3, -0.25) is 0 Å². The minimum Gasteiger partial charge on any atom is -0.134 e. The summed E-state index contributed by atoms with van der Waals surface area (Å²) in [5.41, 5.74) is 0.346. The largest absolute Gasteiger partial charge is 0.134 e. The first-order valence-corrected chi connectivity index (χ1v) is 5.40. The first-order chi connectivity index (χ1) is 5.06. The average molecular weight is 172 g/mol. The Morgan fingerprint density at radius 3 is 2.36 bits per heavy atom. The van der Waals surface area contributed by atoms with Crippen molar-refractivity contribution in [2.45, 2.75) is 40.5 Å². The molecule has 0 radical (unpaired) electrons. The van der Waals surface area contributed by atoms with Gasteiger partial charge in [0.15, 0.2) is 0 Å². The molecule has 11 heavy (non-hydrogen) atoms. The fraction of sp³-hybridized carbons (Fsp3) is 0.800. The van der Waals surface area contributed by atoms with Crippen LogP contribution in [-0.4, -0.2) is 5.75 Å². The monoisotopic (exact) mass is 172 g/mol. The van der Waals surface area contributed by atoms with E-state index in [0.717, 1.165) is 0 Å². The molecule has 0 spiro atoms. The quantitative estimate of drug-likeness (QED) is 0.576. The fourth-order valence-electron chi connectivity index (χ4n) is 0.548. The minimum absolute atomic E-state index is 0.346. The van der Waals surface area contributed by atoms with Crippen LogP contribution in [0.1, 0.15) is 40.5 Å². The molecule has 0 amide bonds. The van der Waals surface area contributed by atoms with Crippen LogP contribution in [0.25, 0.3) is 0 Å². The zero-order valence-corrected chi connectivity index (χ0v) is 9.00. The van der Waals surface area contributed by atoms with Crippen molar-refractivity contribution in [3.05, 3.63) is 11.5 Å². The van der Waals surface area contributed by atoms with Crippen LogP contribution < -0.4 is 0 Å². The molecule has 66 valence electrons. The van der Waals surface area contributed by atoms with Crippen LogP contribution >= 0.6 is 11.8 Å². The third-order valence-corrected chi connectivity index (χ3v) is 2.13. The third-order valence-electron chi connectivity index (χ3n) is 1.28. The number of thioether (sulfide) groups is 1. The summed E-state index contributed by atoms with van der Waals surface area (Å²) in [5, 5.41) is 2.23. The lowest BCUT2D eigenvalue weighted by atomic mass is 9.98. The molecular weight excluding hydrogens is 152 g/mol. The summed E-state index contributed by atoms with van der Waals surface area (Å²) < 4.78 is 0. The molecule has 0 rings (SSSR count). The molecule has 0 aliphatic carbocycles. The number of hydrogen-bond acceptors (Lipinski definition) is 1. The first kappa shape index (κ1) is 11.1. The highest BCUT2D eigenvalue weighted by molar-refractivity contribution is 8.02. The second-order valence-corrected chi connectivity index (χ2v) is 4.91. The van der Waals surface area contributed by atoms with E-state index < -0.39 is 0 Å². The molecule has 1 heteroatoms. The Kier molecular flexibility index (Phi) is 5.75. The lowest BCUT2D eigenvalue weighted by Gasteiger charge is -2.10. The predicted molar refractivity (Wildman–Crippen MR) is 56.0 cm³/mol. The Balaban J connectivity index is 3.30. The van der Waals surface area contributed by atoms with Gasteiger partial charge in [-0.2, -0.15) is 0 Å². The maximum Gasteiger partial charge on any atom is -0.00262 e. The summed E-state index contributed by atoms with van der Waals surface area (Å²) in [5.74, 6) is 1.27. The molecule has 0 unspecified atom stereocenters.